The number of aryl methyl sites for hydroxylation is 1. The summed E-state index contributed by atoms with van der Waals surface area (Å²) in [5.41, 5.74) is 0.607. The fourth-order valence-corrected chi connectivity index (χ4v) is 2.29. The zero-order chi connectivity index (χ0) is 18.7. The van der Waals surface area contributed by atoms with Gasteiger partial charge in [0.15, 0.2) is 11.6 Å². The van der Waals surface area contributed by atoms with E-state index in [0.717, 1.165) is 0 Å². The number of benzene rings is 1. The van der Waals surface area contributed by atoms with Crippen molar-refractivity contribution in [3.05, 3.63) is 53.2 Å². The quantitative estimate of drug-likeness (QED) is 0.850. The number of carbonyl (C=O) groups excluding carboxylic acids is 2. The Hall–Kier alpha value is -3.23. The lowest BCUT2D eigenvalue weighted by atomic mass is 10.2. The first-order valence-corrected chi connectivity index (χ1v) is 7.73. The minimum Gasteiger partial charge on any atom is -0.447 e. The van der Waals surface area contributed by atoms with Crippen LogP contribution in [0.2, 0.25) is 0 Å². The fraction of sp³-hybridized carbons (Fsp3) is 0.235. The first-order chi connectivity index (χ1) is 12.5. The van der Waals surface area contributed by atoms with Crippen LogP contribution in [0.15, 0.2) is 30.5 Å². The van der Waals surface area contributed by atoms with Crippen molar-refractivity contribution in [2.24, 2.45) is 0 Å². The van der Waals surface area contributed by atoms with Gasteiger partial charge in [0, 0.05) is 18.3 Å². The number of ether oxygens (including phenoxy) is 2. The van der Waals surface area contributed by atoms with E-state index >= 15 is 0 Å². The van der Waals surface area contributed by atoms with Crippen molar-refractivity contribution >= 4 is 12.0 Å². The number of nitrogens with zero attached hydrogens (tertiary/aromatic N) is 1. The van der Waals surface area contributed by atoms with E-state index in [2.05, 4.69) is 20.4 Å². The Kier molecular flexibility index (Phi) is 4.97. The summed E-state index contributed by atoms with van der Waals surface area (Å²) in [6, 6.07) is 5.14. The fourth-order valence-electron chi connectivity index (χ4n) is 2.29. The summed E-state index contributed by atoms with van der Waals surface area (Å²) < 4.78 is 37.7. The Bertz CT molecular complexity index is 860. The molecule has 2 heterocycles. The van der Waals surface area contributed by atoms with Gasteiger partial charge in [-0.3, -0.25) is 4.79 Å². The van der Waals surface area contributed by atoms with Crippen molar-refractivity contribution < 1.29 is 27.8 Å². The number of alkyl carbamates (subject to hydrolysis) is 1. The van der Waals surface area contributed by atoms with E-state index in [1.807, 2.05) is 0 Å². The van der Waals surface area contributed by atoms with Gasteiger partial charge >= 0.3 is 6.09 Å². The average molecular weight is 363 g/mol. The van der Waals surface area contributed by atoms with E-state index in [-0.39, 0.29) is 30.3 Å². The van der Waals surface area contributed by atoms with Crippen molar-refractivity contribution in [1.82, 2.24) is 15.6 Å². The third-order valence-corrected chi connectivity index (χ3v) is 3.74. The van der Waals surface area contributed by atoms with Gasteiger partial charge in [0.2, 0.25) is 17.6 Å². The minimum atomic E-state index is -1.11. The lowest BCUT2D eigenvalue weighted by Crippen LogP contribution is -2.42. The summed E-state index contributed by atoms with van der Waals surface area (Å²) in [5.74, 6) is -2.84. The highest BCUT2D eigenvalue weighted by Gasteiger charge is 2.28. The van der Waals surface area contributed by atoms with Crippen LogP contribution in [0, 0.1) is 18.6 Å². The number of hydrogen-bond donors (Lipinski definition) is 2. The zero-order valence-corrected chi connectivity index (χ0v) is 13.7. The molecule has 7 nitrogen and oxygen atoms in total. The van der Waals surface area contributed by atoms with Gasteiger partial charge in [-0.2, -0.15) is 4.39 Å². The molecule has 1 aromatic carbocycles. The van der Waals surface area contributed by atoms with Crippen LogP contribution in [0.4, 0.5) is 13.6 Å². The summed E-state index contributed by atoms with van der Waals surface area (Å²) in [5, 5.41) is 4.95. The van der Waals surface area contributed by atoms with E-state index in [1.54, 1.807) is 12.1 Å². The van der Waals surface area contributed by atoms with Crippen molar-refractivity contribution in [2.75, 3.05) is 6.61 Å². The first kappa shape index (κ1) is 17.6. The molecule has 1 aliphatic rings. The molecule has 2 amide bonds. The summed E-state index contributed by atoms with van der Waals surface area (Å²) in [6.45, 7) is 1.40. The molecule has 0 aliphatic carbocycles. The second-order valence-corrected chi connectivity index (χ2v) is 5.59. The maximum Gasteiger partial charge on any atom is 0.407 e. The first-order valence-electron chi connectivity index (χ1n) is 7.73. The highest BCUT2D eigenvalue weighted by Crippen LogP contribution is 2.28. The molecule has 1 aliphatic heterocycles. The predicted octanol–water partition coefficient (Wildman–Crippen LogP) is 2.19. The van der Waals surface area contributed by atoms with Crippen molar-refractivity contribution in [3.63, 3.8) is 0 Å². The second kappa shape index (κ2) is 7.34. The van der Waals surface area contributed by atoms with Crippen molar-refractivity contribution in [3.8, 4) is 11.6 Å². The van der Waals surface area contributed by atoms with Crippen LogP contribution in [0.5, 0.6) is 11.6 Å². The molecule has 1 saturated heterocycles. The monoisotopic (exact) mass is 363 g/mol. The molecule has 0 bridgehead atoms. The van der Waals surface area contributed by atoms with Gasteiger partial charge in [-0.25, -0.2) is 14.2 Å². The normalized spacial score (nSPS) is 16.0. The molecular weight excluding hydrogens is 348 g/mol. The Morgan fingerprint density at radius 3 is 2.92 bits per heavy atom. The third-order valence-electron chi connectivity index (χ3n) is 3.74. The van der Waals surface area contributed by atoms with Crippen molar-refractivity contribution in [2.45, 2.75) is 19.5 Å². The number of halogens is 2. The number of nitrogens with one attached hydrogen (secondary N) is 2. The topological polar surface area (TPSA) is 89.6 Å². The third kappa shape index (κ3) is 3.71. The maximum absolute atomic E-state index is 14.0. The number of rotatable bonds is 5. The highest BCUT2D eigenvalue weighted by molar-refractivity contribution is 5.87. The Morgan fingerprint density at radius 1 is 1.38 bits per heavy atom. The molecule has 0 unspecified atom stereocenters. The number of pyridine rings is 1. The lowest BCUT2D eigenvalue weighted by molar-refractivity contribution is -0.123. The average Bonchev–Trinajstić information content (AvgIpc) is 3.07. The molecule has 2 N–H and O–H groups in total. The van der Waals surface area contributed by atoms with Gasteiger partial charge in [0.05, 0.1) is 0 Å². The van der Waals surface area contributed by atoms with Crippen molar-refractivity contribution in [1.29, 1.82) is 0 Å². The Morgan fingerprint density at radius 2 is 2.19 bits per heavy atom. The van der Waals surface area contributed by atoms with E-state index < -0.39 is 29.7 Å². The SMILES string of the molecule is Cc1ccc(Oc2ncccc2CNC(=O)[C@H]2COC(=O)N2)c(F)c1F. The van der Waals surface area contributed by atoms with Gasteiger partial charge in [-0.05, 0) is 24.6 Å². The maximum atomic E-state index is 14.0. The minimum absolute atomic E-state index is 0.0182. The number of amides is 2. The molecule has 0 radical (unpaired) electrons. The molecule has 2 aromatic rings. The molecule has 1 aromatic heterocycles. The molecule has 3 rings (SSSR count). The summed E-state index contributed by atoms with van der Waals surface area (Å²) in [4.78, 5) is 27.0. The Balaban J connectivity index is 1.71. The van der Waals surface area contributed by atoms with E-state index in [0.29, 0.717) is 5.56 Å². The van der Waals surface area contributed by atoms with E-state index in [1.165, 1.54) is 25.3 Å². The molecule has 1 fully saturated rings. The lowest BCUT2D eigenvalue weighted by Gasteiger charge is -2.13. The molecular formula is C17H15F2N3O4. The highest BCUT2D eigenvalue weighted by atomic mass is 19.2. The van der Waals surface area contributed by atoms with E-state index in [4.69, 9.17) is 4.74 Å². The number of aromatic nitrogens is 1. The number of hydrogen-bond acceptors (Lipinski definition) is 5. The summed E-state index contributed by atoms with van der Waals surface area (Å²) >= 11 is 0. The van der Waals surface area contributed by atoms with Gasteiger partial charge in [0.25, 0.3) is 0 Å². The van der Waals surface area contributed by atoms with Gasteiger partial charge in [-0.15, -0.1) is 0 Å². The predicted molar refractivity (Wildman–Crippen MR) is 85.5 cm³/mol. The molecule has 9 heteroatoms. The van der Waals surface area contributed by atoms with Crippen LogP contribution in [-0.2, 0) is 16.1 Å². The van der Waals surface area contributed by atoms with E-state index in [9.17, 15) is 18.4 Å². The largest absolute Gasteiger partial charge is 0.447 e. The van der Waals surface area contributed by atoms with Crippen LogP contribution in [0.1, 0.15) is 11.1 Å². The summed E-state index contributed by atoms with van der Waals surface area (Å²) in [6.07, 6.45) is 0.765. The second-order valence-electron chi connectivity index (χ2n) is 5.59. The van der Waals surface area contributed by atoms with Crippen LogP contribution >= 0.6 is 0 Å². The molecule has 1 atom stereocenters. The smallest absolute Gasteiger partial charge is 0.407 e. The van der Waals surface area contributed by atoms with Crippen LogP contribution in [-0.4, -0.2) is 29.6 Å². The molecule has 26 heavy (non-hydrogen) atoms. The van der Waals surface area contributed by atoms with Gasteiger partial charge < -0.3 is 20.1 Å². The number of cyclic esters (lactones) is 1. The molecule has 136 valence electrons. The zero-order valence-electron chi connectivity index (χ0n) is 13.7. The standard InChI is InChI=1S/C17H15F2N3O4/c1-9-4-5-12(14(19)13(9)18)26-16-10(3-2-6-20-16)7-21-15(23)11-8-25-17(24)22-11/h2-6,11H,7-8H2,1H3,(H,21,23)(H,22,24)/t11-/m1/s1. The Labute approximate surface area is 147 Å². The van der Waals surface area contributed by atoms with Crippen LogP contribution in [0.3, 0.4) is 0 Å². The van der Waals surface area contributed by atoms with Gasteiger partial charge in [0.1, 0.15) is 12.6 Å². The molecule has 0 saturated carbocycles. The molecule has 0 spiro atoms. The summed E-state index contributed by atoms with van der Waals surface area (Å²) in [7, 11) is 0. The van der Waals surface area contributed by atoms with Crippen LogP contribution in [0.25, 0.3) is 0 Å². The van der Waals surface area contributed by atoms with Crippen LogP contribution < -0.4 is 15.4 Å². The van der Waals surface area contributed by atoms with Gasteiger partial charge in [-0.1, -0.05) is 12.1 Å². The number of carbonyl (C=O) groups is 2.